The minimum absolute atomic E-state index is 0.113. The Morgan fingerprint density at radius 2 is 2.14 bits per heavy atom. The second kappa shape index (κ2) is 6.77. The van der Waals surface area contributed by atoms with Crippen LogP contribution in [0.2, 0.25) is 5.02 Å². The Bertz CT molecular complexity index is 734. The Morgan fingerprint density at radius 1 is 1.36 bits per heavy atom. The van der Waals surface area contributed by atoms with Gasteiger partial charge in [-0.3, -0.25) is 15.5 Å². The van der Waals surface area contributed by atoms with Crippen molar-refractivity contribution in [3.8, 4) is 11.5 Å². The Balaban J connectivity index is 2.23. The van der Waals surface area contributed by atoms with Gasteiger partial charge in [-0.1, -0.05) is 17.7 Å². The van der Waals surface area contributed by atoms with Crippen molar-refractivity contribution in [1.29, 1.82) is 0 Å². The van der Waals surface area contributed by atoms with Gasteiger partial charge < -0.3 is 9.84 Å². The summed E-state index contributed by atoms with van der Waals surface area (Å²) in [6, 6.07) is 9.40. The minimum atomic E-state index is -0.771. The first-order valence-electron chi connectivity index (χ1n) is 6.09. The van der Waals surface area contributed by atoms with Crippen LogP contribution in [0, 0.1) is 10.1 Å². The number of nitro benzene ring substituents is 1. The van der Waals surface area contributed by atoms with E-state index in [1.54, 1.807) is 24.3 Å². The highest BCUT2D eigenvalue weighted by Gasteiger charge is 2.12. The van der Waals surface area contributed by atoms with Crippen molar-refractivity contribution in [1.82, 2.24) is 0 Å². The Morgan fingerprint density at radius 3 is 2.77 bits per heavy atom. The third-order valence-electron chi connectivity index (χ3n) is 2.71. The van der Waals surface area contributed by atoms with Gasteiger partial charge in [0.05, 0.1) is 23.9 Å². The van der Waals surface area contributed by atoms with Gasteiger partial charge in [0, 0.05) is 22.4 Å². The molecule has 0 aliphatic rings. The quantitative estimate of drug-likeness (QED) is 0.518. The largest absolute Gasteiger partial charge is 0.865 e. The maximum Gasteiger partial charge on any atom is 0.266 e. The van der Waals surface area contributed by atoms with E-state index >= 15 is 0 Å². The Labute approximate surface area is 130 Å². The summed E-state index contributed by atoms with van der Waals surface area (Å²) in [5.74, 6) is -0.883. The lowest BCUT2D eigenvalue weighted by Gasteiger charge is -2.12. The summed E-state index contributed by atoms with van der Waals surface area (Å²) >= 11 is 5.84. The topological polar surface area (TPSA) is 99.8 Å². The summed E-state index contributed by atoms with van der Waals surface area (Å²) in [7, 11) is 1.27. The number of methoxy groups -OCH3 is 1. The van der Waals surface area contributed by atoms with Crippen molar-refractivity contribution in [3.63, 3.8) is 0 Å². The lowest BCUT2D eigenvalue weighted by atomic mass is 10.2. The number of hydrogen-bond acceptors (Lipinski definition) is 6. The molecule has 1 N–H and O–H groups in total. The summed E-state index contributed by atoms with van der Waals surface area (Å²) in [6.45, 7) is 0. The lowest BCUT2D eigenvalue weighted by Crippen LogP contribution is -2.02. The van der Waals surface area contributed by atoms with E-state index in [4.69, 9.17) is 16.3 Å². The molecule has 0 unspecified atom stereocenters. The first kappa shape index (κ1) is 15.6. The Hall–Kier alpha value is -2.80. The molecule has 8 heteroatoms. The van der Waals surface area contributed by atoms with Crippen LogP contribution in [0.5, 0.6) is 11.5 Å². The maximum absolute atomic E-state index is 11.7. The van der Waals surface area contributed by atoms with E-state index in [9.17, 15) is 15.2 Å². The van der Waals surface area contributed by atoms with Crippen LogP contribution in [0.4, 0.5) is 11.4 Å². The fourth-order valence-electron chi connectivity index (χ4n) is 1.71. The molecule has 0 bridgehead atoms. The van der Waals surface area contributed by atoms with Crippen molar-refractivity contribution in [3.05, 3.63) is 57.1 Å². The Kier molecular flexibility index (Phi) is 4.80. The van der Waals surface area contributed by atoms with Crippen molar-refractivity contribution < 1.29 is 14.8 Å². The molecule has 0 spiro atoms. The highest BCUT2D eigenvalue weighted by molar-refractivity contribution is 6.30. The van der Waals surface area contributed by atoms with Crippen molar-refractivity contribution in [2.45, 2.75) is 0 Å². The van der Waals surface area contributed by atoms with Gasteiger partial charge in [-0.25, -0.2) is 0 Å². The normalized spacial score (nSPS) is 10.6. The van der Waals surface area contributed by atoms with Gasteiger partial charge in [-0.2, -0.15) is 5.10 Å². The number of nitro groups is 1. The van der Waals surface area contributed by atoms with E-state index in [2.05, 4.69) is 10.5 Å². The highest BCUT2D eigenvalue weighted by Crippen LogP contribution is 2.33. The average molecular weight is 321 g/mol. The molecule has 0 atom stereocenters. The summed E-state index contributed by atoms with van der Waals surface area (Å²) in [5.41, 5.74) is 3.18. The van der Waals surface area contributed by atoms with E-state index in [-0.39, 0.29) is 5.75 Å². The van der Waals surface area contributed by atoms with E-state index < -0.39 is 16.4 Å². The van der Waals surface area contributed by atoms with Crippen LogP contribution in [-0.4, -0.2) is 18.2 Å². The molecule has 0 fully saturated rings. The minimum Gasteiger partial charge on any atom is -0.865 e. The van der Waals surface area contributed by atoms with Crippen LogP contribution in [0.3, 0.4) is 0 Å². The molecule has 0 aliphatic carbocycles. The van der Waals surface area contributed by atoms with E-state index in [0.29, 0.717) is 16.3 Å². The zero-order valence-corrected chi connectivity index (χ0v) is 12.2. The average Bonchev–Trinajstić information content (AvgIpc) is 2.48. The van der Waals surface area contributed by atoms with Gasteiger partial charge in [-0.15, -0.1) is 0 Å². The standard InChI is InChI=1S/C14H12ClN3O4/c1-22-13-6-9(5-12(14(13)19)18(20)21)8-16-17-11-4-2-3-10(15)7-11/h2-8,17,19H,1H3/p-1/b16-8-. The molecule has 0 heterocycles. The summed E-state index contributed by atoms with van der Waals surface area (Å²) < 4.78 is 4.84. The zero-order valence-electron chi connectivity index (χ0n) is 11.4. The summed E-state index contributed by atoms with van der Waals surface area (Å²) in [5, 5.41) is 27.0. The van der Waals surface area contributed by atoms with Crippen LogP contribution in [-0.2, 0) is 0 Å². The number of hydrogen-bond donors (Lipinski definition) is 1. The predicted molar refractivity (Wildman–Crippen MR) is 81.8 cm³/mol. The van der Waals surface area contributed by atoms with Gasteiger partial charge in [-0.05, 0) is 24.3 Å². The van der Waals surface area contributed by atoms with Crippen LogP contribution in [0.25, 0.3) is 0 Å². The SMILES string of the molecule is COc1cc(/C=N\Nc2cccc(Cl)c2)cc([N+](=O)[O-])c1[O-]. The molecule has 0 amide bonds. The number of benzene rings is 2. The number of hydrazone groups is 1. The van der Waals surface area contributed by atoms with Gasteiger partial charge in [0.25, 0.3) is 5.69 Å². The molecule has 22 heavy (non-hydrogen) atoms. The number of ether oxygens (including phenoxy) is 1. The molecule has 2 aromatic carbocycles. The van der Waals surface area contributed by atoms with Crippen LogP contribution in [0.1, 0.15) is 5.56 Å². The summed E-state index contributed by atoms with van der Waals surface area (Å²) in [4.78, 5) is 10.1. The molecule has 7 nitrogen and oxygen atoms in total. The number of nitrogens with zero attached hydrogens (tertiary/aromatic N) is 2. The number of anilines is 1. The van der Waals surface area contributed by atoms with Gasteiger partial charge in [0.15, 0.2) is 0 Å². The van der Waals surface area contributed by atoms with Gasteiger partial charge >= 0.3 is 0 Å². The predicted octanol–water partition coefficient (Wildman–Crippen LogP) is 2.78. The van der Waals surface area contributed by atoms with E-state index in [0.717, 1.165) is 6.07 Å². The molecule has 0 saturated heterocycles. The molecule has 0 aliphatic heterocycles. The van der Waals surface area contributed by atoms with Crippen LogP contribution >= 0.6 is 11.6 Å². The first-order chi connectivity index (χ1) is 10.5. The fourth-order valence-corrected chi connectivity index (χ4v) is 1.90. The number of nitrogens with one attached hydrogen (secondary N) is 1. The third-order valence-corrected chi connectivity index (χ3v) is 2.94. The van der Waals surface area contributed by atoms with Gasteiger partial charge in [0.1, 0.15) is 5.75 Å². The molecule has 2 aromatic rings. The highest BCUT2D eigenvalue weighted by atomic mass is 35.5. The fraction of sp³-hybridized carbons (Fsp3) is 0.0714. The smallest absolute Gasteiger partial charge is 0.266 e. The molecule has 0 aromatic heterocycles. The number of rotatable bonds is 5. The molecule has 2 rings (SSSR count). The maximum atomic E-state index is 11.7. The number of halogens is 1. The zero-order chi connectivity index (χ0) is 16.1. The molecule has 0 saturated carbocycles. The second-order valence-corrected chi connectivity index (χ2v) is 4.65. The summed E-state index contributed by atoms with van der Waals surface area (Å²) in [6.07, 6.45) is 1.34. The van der Waals surface area contributed by atoms with E-state index in [1.807, 2.05) is 0 Å². The monoisotopic (exact) mass is 320 g/mol. The molecule has 0 radical (unpaired) electrons. The van der Waals surface area contributed by atoms with Crippen LogP contribution < -0.4 is 15.3 Å². The first-order valence-corrected chi connectivity index (χ1v) is 6.47. The molecular formula is C14H11ClN3O4-. The van der Waals surface area contributed by atoms with Crippen molar-refractivity contribution in [2.75, 3.05) is 12.5 Å². The lowest BCUT2D eigenvalue weighted by molar-refractivity contribution is -0.398. The molecular weight excluding hydrogens is 310 g/mol. The van der Waals surface area contributed by atoms with E-state index in [1.165, 1.54) is 19.4 Å². The van der Waals surface area contributed by atoms with Crippen LogP contribution in [0.15, 0.2) is 41.5 Å². The molecule has 114 valence electrons. The second-order valence-electron chi connectivity index (χ2n) is 4.21. The van der Waals surface area contributed by atoms with Crippen molar-refractivity contribution >= 4 is 29.2 Å². The third kappa shape index (κ3) is 3.64. The van der Waals surface area contributed by atoms with Crippen molar-refractivity contribution in [2.24, 2.45) is 5.10 Å². The van der Waals surface area contributed by atoms with Gasteiger partial charge in [0.2, 0.25) is 0 Å².